The average molecular weight is 311 g/mol. The van der Waals surface area contributed by atoms with Gasteiger partial charge in [-0.1, -0.05) is 12.1 Å². The zero-order valence-corrected chi connectivity index (χ0v) is 12.4. The number of rotatable bonds is 7. The zero-order chi connectivity index (χ0) is 16.5. The van der Waals surface area contributed by atoms with Gasteiger partial charge in [0.1, 0.15) is 11.9 Å². The topological polar surface area (TPSA) is 81.7 Å². The lowest BCUT2D eigenvalue weighted by molar-refractivity contribution is -0.145. The van der Waals surface area contributed by atoms with Crippen LogP contribution in [0.25, 0.3) is 0 Å². The van der Waals surface area contributed by atoms with Crippen molar-refractivity contribution in [3.05, 3.63) is 35.6 Å². The Hall–Kier alpha value is -2.44. The fourth-order valence-electron chi connectivity index (χ4n) is 1.78. The third-order valence-electron chi connectivity index (χ3n) is 2.96. The molecule has 0 aliphatic rings. The van der Waals surface area contributed by atoms with Gasteiger partial charge in [0, 0.05) is 12.8 Å². The number of methoxy groups -OCH3 is 2. The van der Waals surface area contributed by atoms with Gasteiger partial charge in [-0.05, 0) is 17.7 Å². The van der Waals surface area contributed by atoms with Crippen molar-refractivity contribution in [2.75, 3.05) is 14.2 Å². The quantitative estimate of drug-likeness (QED) is 0.759. The lowest BCUT2D eigenvalue weighted by atomic mass is 10.1. The van der Waals surface area contributed by atoms with Gasteiger partial charge in [0.15, 0.2) is 0 Å². The Bertz CT molecular complexity index is 529. The first-order valence-corrected chi connectivity index (χ1v) is 6.64. The number of carbonyl (C=O) groups excluding carboxylic acids is 3. The second-order valence-electron chi connectivity index (χ2n) is 4.55. The van der Waals surface area contributed by atoms with E-state index in [0.29, 0.717) is 5.56 Å². The molecule has 0 radical (unpaired) electrons. The van der Waals surface area contributed by atoms with Gasteiger partial charge in [-0.25, -0.2) is 9.18 Å². The molecule has 1 aromatic rings. The van der Waals surface area contributed by atoms with Gasteiger partial charge in [0.25, 0.3) is 0 Å². The molecule has 0 aliphatic carbocycles. The van der Waals surface area contributed by atoms with Gasteiger partial charge in [0.2, 0.25) is 5.91 Å². The van der Waals surface area contributed by atoms with Crippen LogP contribution in [0.15, 0.2) is 24.3 Å². The molecule has 1 aromatic carbocycles. The standard InChI is InChI=1S/C15H18FNO5/c1-21-14(19)8-7-13(18)17-12(15(20)22-2)9-10-3-5-11(16)6-4-10/h3-6,12H,7-9H2,1-2H3,(H,17,18)/t12-/m1/s1. The number of esters is 2. The van der Waals surface area contributed by atoms with Crippen LogP contribution in [0.4, 0.5) is 4.39 Å². The molecule has 0 saturated heterocycles. The minimum Gasteiger partial charge on any atom is -0.469 e. The first-order chi connectivity index (χ1) is 10.5. The number of ether oxygens (including phenoxy) is 2. The molecule has 22 heavy (non-hydrogen) atoms. The summed E-state index contributed by atoms with van der Waals surface area (Å²) in [7, 11) is 2.44. The highest BCUT2D eigenvalue weighted by molar-refractivity contribution is 5.86. The zero-order valence-electron chi connectivity index (χ0n) is 12.4. The van der Waals surface area contributed by atoms with Crippen LogP contribution in [-0.2, 0) is 30.3 Å². The van der Waals surface area contributed by atoms with E-state index in [9.17, 15) is 18.8 Å². The minimum absolute atomic E-state index is 0.0766. The number of benzene rings is 1. The number of hydrogen-bond donors (Lipinski definition) is 1. The summed E-state index contributed by atoms with van der Waals surface area (Å²) in [6, 6.07) is 4.67. The Morgan fingerprint density at radius 1 is 1.09 bits per heavy atom. The van der Waals surface area contributed by atoms with Crippen LogP contribution in [0.1, 0.15) is 18.4 Å². The highest BCUT2D eigenvalue weighted by atomic mass is 19.1. The molecule has 0 heterocycles. The van der Waals surface area contributed by atoms with E-state index >= 15 is 0 Å². The summed E-state index contributed by atoms with van der Waals surface area (Å²) in [5, 5.41) is 2.50. The highest BCUT2D eigenvalue weighted by Gasteiger charge is 2.22. The molecular weight excluding hydrogens is 293 g/mol. The second kappa shape index (κ2) is 8.76. The van der Waals surface area contributed by atoms with E-state index in [4.69, 9.17) is 0 Å². The maximum atomic E-state index is 12.9. The van der Waals surface area contributed by atoms with Crippen LogP contribution in [0.2, 0.25) is 0 Å². The van der Waals surface area contributed by atoms with Crippen LogP contribution in [-0.4, -0.2) is 38.1 Å². The molecular formula is C15H18FNO5. The van der Waals surface area contributed by atoms with Crippen molar-refractivity contribution in [2.24, 2.45) is 0 Å². The number of amides is 1. The summed E-state index contributed by atoms with van der Waals surface area (Å²) in [6.45, 7) is 0. The highest BCUT2D eigenvalue weighted by Crippen LogP contribution is 2.07. The molecule has 1 atom stereocenters. The smallest absolute Gasteiger partial charge is 0.328 e. The van der Waals surface area contributed by atoms with Gasteiger partial charge in [-0.2, -0.15) is 0 Å². The fourth-order valence-corrected chi connectivity index (χ4v) is 1.78. The van der Waals surface area contributed by atoms with Crippen LogP contribution >= 0.6 is 0 Å². The van der Waals surface area contributed by atoms with E-state index in [1.165, 1.54) is 38.5 Å². The number of carbonyl (C=O) groups is 3. The molecule has 0 saturated carbocycles. The Morgan fingerprint density at radius 3 is 2.27 bits per heavy atom. The predicted octanol–water partition coefficient (Wildman–Crippen LogP) is 0.979. The predicted molar refractivity (Wildman–Crippen MR) is 75.3 cm³/mol. The van der Waals surface area contributed by atoms with Crippen molar-refractivity contribution in [2.45, 2.75) is 25.3 Å². The Labute approximate surface area is 127 Å². The molecule has 1 amide bonds. The molecule has 0 unspecified atom stereocenters. The molecule has 120 valence electrons. The van der Waals surface area contributed by atoms with E-state index in [0.717, 1.165) is 0 Å². The monoisotopic (exact) mass is 311 g/mol. The lowest BCUT2D eigenvalue weighted by Gasteiger charge is -2.16. The average Bonchev–Trinajstić information content (AvgIpc) is 2.53. The first-order valence-electron chi connectivity index (χ1n) is 6.64. The van der Waals surface area contributed by atoms with Crippen molar-refractivity contribution < 1.29 is 28.2 Å². The Morgan fingerprint density at radius 2 is 1.73 bits per heavy atom. The summed E-state index contributed by atoms with van der Waals surface area (Å²) in [6.07, 6.45) is -0.00667. The molecule has 1 N–H and O–H groups in total. The molecule has 0 aliphatic heterocycles. The molecule has 0 aromatic heterocycles. The summed E-state index contributed by atoms with van der Waals surface area (Å²) < 4.78 is 21.9. The van der Waals surface area contributed by atoms with Gasteiger partial charge in [0.05, 0.1) is 20.6 Å². The SMILES string of the molecule is COC(=O)CCC(=O)N[C@H](Cc1ccc(F)cc1)C(=O)OC. The van der Waals surface area contributed by atoms with Gasteiger partial charge in [-0.15, -0.1) is 0 Å². The van der Waals surface area contributed by atoms with E-state index in [2.05, 4.69) is 14.8 Å². The molecule has 1 rings (SSSR count). The second-order valence-corrected chi connectivity index (χ2v) is 4.55. The molecule has 0 fully saturated rings. The van der Waals surface area contributed by atoms with E-state index in [1.807, 2.05) is 0 Å². The van der Waals surface area contributed by atoms with Crippen molar-refractivity contribution in [1.29, 1.82) is 0 Å². The molecule has 6 nitrogen and oxygen atoms in total. The normalized spacial score (nSPS) is 11.4. The fraction of sp³-hybridized carbons (Fsp3) is 0.400. The van der Waals surface area contributed by atoms with Crippen molar-refractivity contribution >= 4 is 17.8 Å². The molecule has 0 spiro atoms. The van der Waals surface area contributed by atoms with Crippen LogP contribution in [0.5, 0.6) is 0 Å². The third-order valence-corrected chi connectivity index (χ3v) is 2.96. The lowest BCUT2D eigenvalue weighted by Crippen LogP contribution is -2.43. The Kier molecular flexibility index (Phi) is 7.01. The van der Waals surface area contributed by atoms with Gasteiger partial charge < -0.3 is 14.8 Å². The summed E-state index contributed by atoms with van der Waals surface area (Å²) in [5.74, 6) is -1.98. The van der Waals surface area contributed by atoms with Crippen molar-refractivity contribution in [1.82, 2.24) is 5.32 Å². The summed E-state index contributed by atoms with van der Waals surface area (Å²) in [5.41, 5.74) is 0.671. The Balaban J connectivity index is 2.64. The largest absolute Gasteiger partial charge is 0.469 e. The number of nitrogens with one attached hydrogen (secondary N) is 1. The van der Waals surface area contributed by atoms with E-state index in [1.54, 1.807) is 0 Å². The number of hydrogen-bond acceptors (Lipinski definition) is 5. The first kappa shape index (κ1) is 17.6. The van der Waals surface area contributed by atoms with E-state index in [-0.39, 0.29) is 25.1 Å². The molecule has 0 bridgehead atoms. The van der Waals surface area contributed by atoms with Crippen LogP contribution in [0, 0.1) is 5.82 Å². The maximum Gasteiger partial charge on any atom is 0.328 e. The van der Waals surface area contributed by atoms with Crippen LogP contribution in [0.3, 0.4) is 0 Å². The van der Waals surface area contributed by atoms with Gasteiger partial charge >= 0.3 is 11.9 Å². The third kappa shape index (κ3) is 5.90. The minimum atomic E-state index is -0.902. The number of halogens is 1. The van der Waals surface area contributed by atoms with Gasteiger partial charge in [-0.3, -0.25) is 9.59 Å². The van der Waals surface area contributed by atoms with E-state index < -0.39 is 23.9 Å². The van der Waals surface area contributed by atoms with Crippen molar-refractivity contribution in [3.8, 4) is 0 Å². The maximum absolute atomic E-state index is 12.9. The van der Waals surface area contributed by atoms with Crippen LogP contribution < -0.4 is 5.32 Å². The summed E-state index contributed by atoms with van der Waals surface area (Å²) >= 11 is 0. The van der Waals surface area contributed by atoms with Crippen molar-refractivity contribution in [3.63, 3.8) is 0 Å². The molecule has 7 heteroatoms. The summed E-state index contributed by atoms with van der Waals surface area (Å²) in [4.78, 5) is 34.4.